The highest BCUT2D eigenvalue weighted by molar-refractivity contribution is 5.39. The molecule has 92 valence electrons. The molecule has 3 heteroatoms. The van der Waals surface area contributed by atoms with Gasteiger partial charge in [-0.3, -0.25) is 4.90 Å². The van der Waals surface area contributed by atoms with Crippen LogP contribution in [0.4, 0.5) is 0 Å². The number of fused-ring (bicyclic) bond motifs is 1. The molecule has 0 aliphatic carbocycles. The van der Waals surface area contributed by atoms with Crippen molar-refractivity contribution < 1.29 is 9.84 Å². The number of para-hydroxylation sites is 1. The number of rotatable bonds is 3. The average Bonchev–Trinajstić information content (AvgIpc) is 2.97. The summed E-state index contributed by atoms with van der Waals surface area (Å²) in [7, 11) is 0. The van der Waals surface area contributed by atoms with Crippen LogP contribution in [0.2, 0.25) is 0 Å². The van der Waals surface area contributed by atoms with E-state index in [9.17, 15) is 5.11 Å². The van der Waals surface area contributed by atoms with Crippen molar-refractivity contribution in [3.8, 4) is 5.75 Å². The summed E-state index contributed by atoms with van der Waals surface area (Å²) in [6.07, 6.45) is 2.34. The maximum absolute atomic E-state index is 9.33. The third-order valence-electron chi connectivity index (χ3n) is 3.96. The Morgan fingerprint density at radius 2 is 2.24 bits per heavy atom. The van der Waals surface area contributed by atoms with Gasteiger partial charge in [0.05, 0.1) is 13.2 Å². The summed E-state index contributed by atoms with van der Waals surface area (Å²) in [5.74, 6) is 1.51. The van der Waals surface area contributed by atoms with E-state index >= 15 is 0 Å². The third-order valence-corrected chi connectivity index (χ3v) is 3.96. The van der Waals surface area contributed by atoms with Crippen LogP contribution in [0.1, 0.15) is 24.3 Å². The summed E-state index contributed by atoms with van der Waals surface area (Å²) in [5.41, 5.74) is 1.33. The largest absolute Gasteiger partial charge is 0.493 e. The van der Waals surface area contributed by atoms with Crippen molar-refractivity contribution in [2.24, 2.45) is 0 Å². The summed E-state index contributed by atoms with van der Waals surface area (Å²) in [4.78, 5) is 2.41. The van der Waals surface area contributed by atoms with Gasteiger partial charge < -0.3 is 9.84 Å². The van der Waals surface area contributed by atoms with E-state index in [4.69, 9.17) is 4.74 Å². The molecule has 2 unspecified atom stereocenters. The minimum Gasteiger partial charge on any atom is -0.493 e. The molecular weight excluding hydrogens is 214 g/mol. The zero-order valence-electron chi connectivity index (χ0n) is 10.0. The molecule has 2 aliphatic rings. The van der Waals surface area contributed by atoms with Crippen LogP contribution in [0.3, 0.4) is 0 Å². The SMILES string of the molecule is OCC1CCCN1CC1COc2ccccc21. The third kappa shape index (κ3) is 2.05. The molecule has 1 fully saturated rings. The Morgan fingerprint density at radius 1 is 1.35 bits per heavy atom. The lowest BCUT2D eigenvalue weighted by Crippen LogP contribution is -2.35. The van der Waals surface area contributed by atoms with Gasteiger partial charge in [-0.05, 0) is 25.5 Å². The Bertz CT molecular complexity index is 394. The normalized spacial score (nSPS) is 28.1. The Labute approximate surface area is 102 Å². The first-order chi connectivity index (χ1) is 8.38. The molecule has 0 radical (unpaired) electrons. The molecule has 0 saturated carbocycles. The molecule has 3 rings (SSSR count). The lowest BCUT2D eigenvalue weighted by atomic mass is 10.0. The van der Waals surface area contributed by atoms with E-state index in [0.29, 0.717) is 12.0 Å². The molecule has 1 saturated heterocycles. The molecule has 1 aromatic rings. The Balaban J connectivity index is 1.71. The molecule has 0 spiro atoms. The highest BCUT2D eigenvalue weighted by atomic mass is 16.5. The Kier molecular flexibility index (Phi) is 3.04. The van der Waals surface area contributed by atoms with Crippen LogP contribution >= 0.6 is 0 Å². The van der Waals surface area contributed by atoms with Gasteiger partial charge in [-0.25, -0.2) is 0 Å². The number of aliphatic hydroxyl groups excluding tert-OH is 1. The molecule has 2 atom stereocenters. The smallest absolute Gasteiger partial charge is 0.122 e. The molecular formula is C14H19NO2. The van der Waals surface area contributed by atoms with Crippen molar-refractivity contribution in [2.75, 3.05) is 26.3 Å². The van der Waals surface area contributed by atoms with Crippen LogP contribution in [0.15, 0.2) is 24.3 Å². The lowest BCUT2D eigenvalue weighted by molar-refractivity contribution is 0.148. The summed E-state index contributed by atoms with van der Waals surface area (Å²) in [6.45, 7) is 3.20. The number of hydrogen-bond acceptors (Lipinski definition) is 3. The zero-order valence-corrected chi connectivity index (χ0v) is 10.0. The van der Waals surface area contributed by atoms with Gasteiger partial charge in [0.25, 0.3) is 0 Å². The van der Waals surface area contributed by atoms with Gasteiger partial charge in [-0.2, -0.15) is 0 Å². The number of aliphatic hydroxyl groups is 1. The van der Waals surface area contributed by atoms with Gasteiger partial charge in [0.15, 0.2) is 0 Å². The zero-order chi connectivity index (χ0) is 11.7. The predicted octanol–water partition coefficient (Wildman–Crippen LogP) is 1.62. The topological polar surface area (TPSA) is 32.7 Å². The average molecular weight is 233 g/mol. The van der Waals surface area contributed by atoms with Crippen LogP contribution in [-0.2, 0) is 0 Å². The van der Waals surface area contributed by atoms with Gasteiger partial charge in [0.1, 0.15) is 5.75 Å². The fourth-order valence-electron chi connectivity index (χ4n) is 3.01. The van der Waals surface area contributed by atoms with Gasteiger partial charge in [-0.1, -0.05) is 18.2 Å². The maximum Gasteiger partial charge on any atom is 0.122 e. The van der Waals surface area contributed by atoms with Gasteiger partial charge in [-0.15, -0.1) is 0 Å². The fraction of sp³-hybridized carbons (Fsp3) is 0.571. The van der Waals surface area contributed by atoms with Crippen molar-refractivity contribution in [1.29, 1.82) is 0 Å². The molecule has 0 amide bonds. The van der Waals surface area contributed by atoms with Gasteiger partial charge >= 0.3 is 0 Å². The van der Waals surface area contributed by atoms with E-state index in [-0.39, 0.29) is 6.61 Å². The van der Waals surface area contributed by atoms with E-state index in [1.165, 1.54) is 12.0 Å². The first-order valence-electron chi connectivity index (χ1n) is 6.45. The second kappa shape index (κ2) is 4.67. The molecule has 0 bridgehead atoms. The fourth-order valence-corrected chi connectivity index (χ4v) is 3.01. The van der Waals surface area contributed by atoms with Crippen LogP contribution in [0, 0.1) is 0 Å². The number of likely N-dealkylation sites (tertiary alicyclic amines) is 1. The van der Waals surface area contributed by atoms with Crippen LogP contribution in [0.5, 0.6) is 5.75 Å². The maximum atomic E-state index is 9.33. The molecule has 2 aliphatic heterocycles. The van der Waals surface area contributed by atoms with Crippen molar-refractivity contribution in [1.82, 2.24) is 4.90 Å². The van der Waals surface area contributed by atoms with Gasteiger partial charge in [0.2, 0.25) is 0 Å². The molecule has 0 aromatic heterocycles. The van der Waals surface area contributed by atoms with E-state index in [2.05, 4.69) is 17.0 Å². The summed E-state index contributed by atoms with van der Waals surface area (Å²) in [6, 6.07) is 8.67. The highest BCUT2D eigenvalue weighted by Crippen LogP contribution is 2.35. The molecule has 1 aromatic carbocycles. The van der Waals surface area contributed by atoms with Crippen molar-refractivity contribution >= 4 is 0 Å². The summed E-state index contributed by atoms with van der Waals surface area (Å²) < 4.78 is 5.70. The van der Waals surface area contributed by atoms with E-state index < -0.39 is 0 Å². The molecule has 2 heterocycles. The van der Waals surface area contributed by atoms with Gasteiger partial charge in [0, 0.05) is 24.1 Å². The number of benzene rings is 1. The van der Waals surface area contributed by atoms with E-state index in [1.807, 2.05) is 12.1 Å². The Hall–Kier alpha value is -1.06. The van der Waals surface area contributed by atoms with Crippen molar-refractivity contribution in [3.63, 3.8) is 0 Å². The highest BCUT2D eigenvalue weighted by Gasteiger charge is 2.30. The quantitative estimate of drug-likeness (QED) is 0.861. The number of nitrogens with zero attached hydrogens (tertiary/aromatic N) is 1. The first-order valence-corrected chi connectivity index (χ1v) is 6.45. The second-order valence-electron chi connectivity index (χ2n) is 5.02. The monoisotopic (exact) mass is 233 g/mol. The Morgan fingerprint density at radius 3 is 3.12 bits per heavy atom. The van der Waals surface area contributed by atoms with E-state index in [0.717, 1.165) is 31.9 Å². The minimum atomic E-state index is 0.287. The number of hydrogen-bond donors (Lipinski definition) is 1. The van der Waals surface area contributed by atoms with Crippen LogP contribution in [-0.4, -0.2) is 42.4 Å². The molecule has 3 nitrogen and oxygen atoms in total. The minimum absolute atomic E-state index is 0.287. The lowest BCUT2D eigenvalue weighted by Gasteiger charge is -2.25. The van der Waals surface area contributed by atoms with Crippen LogP contribution in [0.25, 0.3) is 0 Å². The molecule has 1 N–H and O–H groups in total. The first kappa shape index (κ1) is 11.1. The van der Waals surface area contributed by atoms with Crippen molar-refractivity contribution in [2.45, 2.75) is 24.8 Å². The van der Waals surface area contributed by atoms with Crippen LogP contribution < -0.4 is 4.74 Å². The standard InChI is InChI=1S/C14H19NO2/c16-9-12-4-3-7-15(12)8-11-10-17-14-6-2-1-5-13(11)14/h1-2,5-6,11-12,16H,3-4,7-10H2. The summed E-state index contributed by atoms with van der Waals surface area (Å²) >= 11 is 0. The number of ether oxygens (including phenoxy) is 1. The van der Waals surface area contributed by atoms with E-state index in [1.54, 1.807) is 0 Å². The second-order valence-corrected chi connectivity index (χ2v) is 5.02. The van der Waals surface area contributed by atoms with Crippen molar-refractivity contribution in [3.05, 3.63) is 29.8 Å². The molecule has 17 heavy (non-hydrogen) atoms. The summed E-state index contributed by atoms with van der Waals surface area (Å²) in [5, 5.41) is 9.33. The predicted molar refractivity (Wildman–Crippen MR) is 66.4 cm³/mol.